The highest BCUT2D eigenvalue weighted by Crippen LogP contribution is 2.32. The van der Waals surface area contributed by atoms with E-state index < -0.39 is 5.91 Å². The fourth-order valence-electron chi connectivity index (χ4n) is 1.41. The van der Waals surface area contributed by atoms with Gasteiger partial charge >= 0.3 is 0 Å². The summed E-state index contributed by atoms with van der Waals surface area (Å²) < 4.78 is 12.8. The van der Waals surface area contributed by atoms with E-state index in [9.17, 15) is 9.18 Å². The molecule has 0 unspecified atom stereocenters. The van der Waals surface area contributed by atoms with Gasteiger partial charge in [0, 0.05) is 21.0 Å². The van der Waals surface area contributed by atoms with Gasteiger partial charge in [0.2, 0.25) is 5.91 Å². The molecule has 0 fully saturated rings. The Balaban J connectivity index is 2.30. The van der Waals surface area contributed by atoms with Gasteiger partial charge in [0.15, 0.2) is 0 Å². The number of nitrogen functional groups attached to an aromatic ring is 1. The molecule has 0 spiro atoms. The minimum atomic E-state index is -0.504. The highest BCUT2D eigenvalue weighted by molar-refractivity contribution is 7.99. The van der Waals surface area contributed by atoms with Crippen LogP contribution in [-0.2, 0) is 0 Å². The second-order valence-electron chi connectivity index (χ2n) is 3.67. The minimum Gasteiger partial charge on any atom is -0.398 e. The number of hydrogen-bond donors (Lipinski definition) is 2. The average molecular weight is 262 g/mol. The summed E-state index contributed by atoms with van der Waals surface area (Å²) in [4.78, 5) is 12.6. The van der Waals surface area contributed by atoms with E-state index in [0.29, 0.717) is 11.3 Å². The third kappa shape index (κ3) is 2.81. The van der Waals surface area contributed by atoms with Crippen molar-refractivity contribution in [1.82, 2.24) is 0 Å². The van der Waals surface area contributed by atoms with Gasteiger partial charge in [-0.25, -0.2) is 4.39 Å². The molecule has 5 heteroatoms. The Labute approximate surface area is 108 Å². The molecule has 92 valence electrons. The van der Waals surface area contributed by atoms with Crippen LogP contribution in [-0.4, -0.2) is 5.91 Å². The molecule has 2 aromatic carbocycles. The van der Waals surface area contributed by atoms with Gasteiger partial charge < -0.3 is 11.5 Å². The fourth-order valence-corrected chi connectivity index (χ4v) is 2.30. The van der Waals surface area contributed by atoms with Crippen molar-refractivity contribution in [3.8, 4) is 0 Å². The first-order valence-corrected chi connectivity index (χ1v) is 6.00. The second kappa shape index (κ2) is 5.10. The molecule has 0 saturated heterocycles. The quantitative estimate of drug-likeness (QED) is 0.835. The summed E-state index contributed by atoms with van der Waals surface area (Å²) in [5.74, 6) is -0.797. The van der Waals surface area contributed by atoms with Crippen molar-refractivity contribution in [2.24, 2.45) is 5.73 Å². The molecule has 0 heterocycles. The van der Waals surface area contributed by atoms with Gasteiger partial charge in [0.25, 0.3) is 0 Å². The van der Waals surface area contributed by atoms with E-state index in [4.69, 9.17) is 11.5 Å². The van der Waals surface area contributed by atoms with Crippen molar-refractivity contribution in [2.45, 2.75) is 9.79 Å². The summed E-state index contributed by atoms with van der Waals surface area (Å²) >= 11 is 1.36. The molecule has 18 heavy (non-hydrogen) atoms. The Morgan fingerprint density at radius 3 is 2.39 bits per heavy atom. The van der Waals surface area contributed by atoms with Gasteiger partial charge in [0.05, 0.1) is 0 Å². The van der Waals surface area contributed by atoms with Crippen molar-refractivity contribution >= 4 is 23.4 Å². The lowest BCUT2D eigenvalue weighted by atomic mass is 10.2. The molecule has 1 amide bonds. The number of anilines is 1. The third-order valence-electron chi connectivity index (χ3n) is 2.34. The first kappa shape index (κ1) is 12.4. The molecular formula is C13H11FN2OS. The van der Waals surface area contributed by atoms with Crippen LogP contribution in [0, 0.1) is 5.82 Å². The largest absolute Gasteiger partial charge is 0.398 e. The predicted molar refractivity (Wildman–Crippen MR) is 69.9 cm³/mol. The van der Waals surface area contributed by atoms with Crippen LogP contribution < -0.4 is 11.5 Å². The number of rotatable bonds is 3. The van der Waals surface area contributed by atoms with Gasteiger partial charge in [-0.2, -0.15) is 0 Å². The Morgan fingerprint density at radius 2 is 1.78 bits per heavy atom. The minimum absolute atomic E-state index is 0.293. The number of amides is 1. The van der Waals surface area contributed by atoms with Gasteiger partial charge in [-0.05, 0) is 42.5 Å². The lowest BCUT2D eigenvalue weighted by Gasteiger charge is -2.06. The zero-order valence-electron chi connectivity index (χ0n) is 9.39. The predicted octanol–water partition coefficient (Wildman–Crippen LogP) is 2.66. The summed E-state index contributed by atoms with van der Waals surface area (Å²) in [6.45, 7) is 0. The van der Waals surface area contributed by atoms with Crippen LogP contribution in [0.15, 0.2) is 52.3 Å². The first-order chi connectivity index (χ1) is 8.56. The summed E-state index contributed by atoms with van der Waals surface area (Å²) in [5.41, 5.74) is 12.0. The molecular weight excluding hydrogens is 251 g/mol. The smallest absolute Gasteiger partial charge is 0.248 e. The molecule has 0 aliphatic heterocycles. The zero-order valence-corrected chi connectivity index (χ0v) is 10.2. The third-order valence-corrected chi connectivity index (χ3v) is 3.42. The van der Waals surface area contributed by atoms with E-state index in [2.05, 4.69) is 0 Å². The van der Waals surface area contributed by atoms with E-state index in [-0.39, 0.29) is 5.82 Å². The highest BCUT2D eigenvalue weighted by atomic mass is 32.2. The zero-order chi connectivity index (χ0) is 13.1. The molecule has 0 bridgehead atoms. The monoisotopic (exact) mass is 262 g/mol. The van der Waals surface area contributed by atoms with Gasteiger partial charge in [-0.3, -0.25) is 4.79 Å². The summed E-state index contributed by atoms with van der Waals surface area (Å²) in [7, 11) is 0. The second-order valence-corrected chi connectivity index (χ2v) is 4.79. The standard InChI is InChI=1S/C13H11FN2OS/c14-9-2-4-10(5-3-9)18-12-7-8(13(16)17)1-6-11(12)15/h1-7H,15H2,(H2,16,17). The Kier molecular flexibility index (Phi) is 3.53. The highest BCUT2D eigenvalue weighted by Gasteiger charge is 2.07. The van der Waals surface area contributed by atoms with E-state index in [1.54, 1.807) is 30.3 Å². The van der Waals surface area contributed by atoms with Crippen LogP contribution in [0.1, 0.15) is 10.4 Å². The number of nitrogens with two attached hydrogens (primary N) is 2. The van der Waals surface area contributed by atoms with E-state index in [1.807, 2.05) is 0 Å². The van der Waals surface area contributed by atoms with Gasteiger partial charge in [0.1, 0.15) is 5.82 Å². The molecule has 0 aromatic heterocycles. The van der Waals surface area contributed by atoms with Crippen molar-refractivity contribution < 1.29 is 9.18 Å². The van der Waals surface area contributed by atoms with Crippen molar-refractivity contribution in [2.75, 3.05) is 5.73 Å². The molecule has 0 radical (unpaired) electrons. The van der Waals surface area contributed by atoms with E-state index in [0.717, 1.165) is 9.79 Å². The molecule has 4 N–H and O–H groups in total. The maximum Gasteiger partial charge on any atom is 0.248 e. The lowest BCUT2D eigenvalue weighted by molar-refractivity contribution is 0.1000. The lowest BCUT2D eigenvalue weighted by Crippen LogP contribution is -2.11. The van der Waals surface area contributed by atoms with Crippen LogP contribution in [0.4, 0.5) is 10.1 Å². The fraction of sp³-hybridized carbons (Fsp3) is 0. The molecule has 0 atom stereocenters. The topological polar surface area (TPSA) is 69.1 Å². The van der Waals surface area contributed by atoms with Crippen molar-refractivity contribution in [1.29, 1.82) is 0 Å². The van der Waals surface area contributed by atoms with Crippen molar-refractivity contribution in [3.05, 3.63) is 53.8 Å². The molecule has 2 aromatic rings. The maximum atomic E-state index is 12.8. The molecule has 3 nitrogen and oxygen atoms in total. The van der Waals surface area contributed by atoms with Crippen LogP contribution in [0.3, 0.4) is 0 Å². The molecule has 0 saturated carbocycles. The van der Waals surface area contributed by atoms with E-state index >= 15 is 0 Å². The number of primary amides is 1. The van der Waals surface area contributed by atoms with Crippen LogP contribution >= 0.6 is 11.8 Å². The summed E-state index contributed by atoms with van der Waals surface area (Å²) in [5, 5.41) is 0. The first-order valence-electron chi connectivity index (χ1n) is 5.19. The van der Waals surface area contributed by atoms with Gasteiger partial charge in [-0.15, -0.1) is 0 Å². The molecule has 0 aliphatic carbocycles. The summed E-state index contributed by atoms with van der Waals surface area (Å²) in [6.07, 6.45) is 0. The maximum absolute atomic E-state index is 12.8. The summed E-state index contributed by atoms with van der Waals surface area (Å²) in [6, 6.07) is 10.9. The molecule has 0 aliphatic rings. The van der Waals surface area contributed by atoms with Crippen LogP contribution in [0.2, 0.25) is 0 Å². The van der Waals surface area contributed by atoms with Crippen molar-refractivity contribution in [3.63, 3.8) is 0 Å². The average Bonchev–Trinajstić information content (AvgIpc) is 2.34. The number of halogens is 1. The van der Waals surface area contributed by atoms with Gasteiger partial charge in [-0.1, -0.05) is 11.8 Å². The number of carbonyl (C=O) groups excluding carboxylic acids is 1. The van der Waals surface area contributed by atoms with E-state index in [1.165, 1.54) is 23.9 Å². The number of carbonyl (C=O) groups is 1. The van der Waals surface area contributed by atoms with Crippen LogP contribution in [0.5, 0.6) is 0 Å². The Hall–Kier alpha value is -2.01. The normalized spacial score (nSPS) is 10.3. The number of hydrogen-bond acceptors (Lipinski definition) is 3. The Morgan fingerprint density at radius 1 is 1.11 bits per heavy atom. The molecule has 2 rings (SSSR count). The Bertz CT molecular complexity index is 584. The van der Waals surface area contributed by atoms with Crippen LogP contribution in [0.25, 0.3) is 0 Å². The SMILES string of the molecule is NC(=O)c1ccc(N)c(Sc2ccc(F)cc2)c1. The number of benzene rings is 2.